The molecule has 0 aliphatic heterocycles. The second-order valence-corrected chi connectivity index (χ2v) is 5.84. The van der Waals surface area contributed by atoms with Gasteiger partial charge in [0.2, 0.25) is 0 Å². The molecule has 0 aromatic rings. The molecular weight excluding hydrogens is 260 g/mol. The van der Waals surface area contributed by atoms with Crippen molar-refractivity contribution in [3.05, 3.63) is 0 Å². The summed E-state index contributed by atoms with van der Waals surface area (Å²) in [6.45, 7) is 6.92. The average molecular weight is 284 g/mol. The van der Waals surface area contributed by atoms with Crippen molar-refractivity contribution in [2.24, 2.45) is 11.8 Å². The standard InChI is InChI=1S/C15H24O5/c1-9(2)19-14(17)13(15(18)20-10(3)4)11-6-5-7-12(16)8-11/h9-11,13H,5-8H2,1-4H3. The Hall–Kier alpha value is -1.39. The topological polar surface area (TPSA) is 69.7 Å². The van der Waals surface area contributed by atoms with Crippen LogP contribution in [0, 0.1) is 11.8 Å². The van der Waals surface area contributed by atoms with Crippen LogP contribution in [0.5, 0.6) is 0 Å². The summed E-state index contributed by atoms with van der Waals surface area (Å²) in [5.41, 5.74) is 0. The van der Waals surface area contributed by atoms with E-state index in [-0.39, 0.29) is 30.3 Å². The van der Waals surface area contributed by atoms with Gasteiger partial charge in [-0.2, -0.15) is 0 Å². The second kappa shape index (κ2) is 7.41. The van der Waals surface area contributed by atoms with Crippen LogP contribution in [0.3, 0.4) is 0 Å². The smallest absolute Gasteiger partial charge is 0.320 e. The Balaban J connectivity index is 2.85. The Morgan fingerprint density at radius 3 is 1.95 bits per heavy atom. The van der Waals surface area contributed by atoms with E-state index >= 15 is 0 Å². The van der Waals surface area contributed by atoms with E-state index in [1.54, 1.807) is 27.7 Å². The van der Waals surface area contributed by atoms with Crippen molar-refractivity contribution < 1.29 is 23.9 Å². The number of ketones is 1. The van der Waals surface area contributed by atoms with E-state index in [1.165, 1.54) is 0 Å². The molecule has 0 saturated heterocycles. The van der Waals surface area contributed by atoms with Crippen molar-refractivity contribution >= 4 is 17.7 Å². The van der Waals surface area contributed by atoms with Crippen LogP contribution in [0.4, 0.5) is 0 Å². The maximum absolute atomic E-state index is 12.1. The largest absolute Gasteiger partial charge is 0.462 e. The fourth-order valence-corrected chi connectivity index (χ4v) is 2.43. The van der Waals surface area contributed by atoms with Crippen molar-refractivity contribution in [3.63, 3.8) is 0 Å². The molecular formula is C15H24O5. The molecule has 1 aliphatic carbocycles. The molecule has 1 aliphatic rings. The third kappa shape index (κ3) is 4.94. The fraction of sp³-hybridized carbons (Fsp3) is 0.800. The number of hydrogen-bond acceptors (Lipinski definition) is 5. The first-order chi connectivity index (χ1) is 9.31. The van der Waals surface area contributed by atoms with Gasteiger partial charge in [0.15, 0.2) is 5.92 Å². The molecule has 0 N–H and O–H groups in total. The molecule has 0 amide bonds. The van der Waals surface area contributed by atoms with Crippen LogP contribution in [0.15, 0.2) is 0 Å². The Morgan fingerprint density at radius 1 is 1.05 bits per heavy atom. The minimum Gasteiger partial charge on any atom is -0.462 e. The molecule has 1 saturated carbocycles. The average Bonchev–Trinajstić information content (AvgIpc) is 2.26. The molecule has 1 unspecified atom stereocenters. The highest BCUT2D eigenvalue weighted by Gasteiger charge is 2.40. The van der Waals surface area contributed by atoms with Crippen LogP contribution in [0.1, 0.15) is 53.4 Å². The van der Waals surface area contributed by atoms with Crippen LogP contribution in [-0.2, 0) is 23.9 Å². The molecule has 0 bridgehead atoms. The lowest BCUT2D eigenvalue weighted by Crippen LogP contribution is -2.38. The van der Waals surface area contributed by atoms with E-state index in [4.69, 9.17) is 9.47 Å². The highest BCUT2D eigenvalue weighted by Crippen LogP contribution is 2.30. The summed E-state index contributed by atoms with van der Waals surface area (Å²) in [5, 5.41) is 0. The molecule has 0 aromatic heterocycles. The lowest BCUT2D eigenvalue weighted by atomic mass is 9.79. The van der Waals surface area contributed by atoms with Crippen LogP contribution >= 0.6 is 0 Å². The van der Waals surface area contributed by atoms with E-state index in [2.05, 4.69) is 0 Å². The first-order valence-corrected chi connectivity index (χ1v) is 7.24. The third-order valence-electron chi connectivity index (χ3n) is 3.20. The molecule has 0 spiro atoms. The quantitative estimate of drug-likeness (QED) is 0.572. The maximum atomic E-state index is 12.1. The van der Waals surface area contributed by atoms with Crippen LogP contribution < -0.4 is 0 Å². The van der Waals surface area contributed by atoms with Crippen molar-refractivity contribution in [2.45, 2.75) is 65.6 Å². The number of rotatable bonds is 5. The predicted molar refractivity (Wildman–Crippen MR) is 72.9 cm³/mol. The van der Waals surface area contributed by atoms with E-state index < -0.39 is 17.9 Å². The minimum absolute atomic E-state index is 0.0981. The molecule has 0 radical (unpaired) electrons. The summed E-state index contributed by atoms with van der Waals surface area (Å²) in [5.74, 6) is -2.34. The molecule has 20 heavy (non-hydrogen) atoms. The van der Waals surface area contributed by atoms with Crippen LogP contribution in [0.2, 0.25) is 0 Å². The number of carbonyl (C=O) groups is 3. The number of Topliss-reactive ketones (excluding diaryl/α,β-unsaturated/α-hetero) is 1. The van der Waals surface area contributed by atoms with Crippen LogP contribution in [-0.4, -0.2) is 29.9 Å². The van der Waals surface area contributed by atoms with E-state index in [9.17, 15) is 14.4 Å². The first kappa shape index (κ1) is 16.7. The number of ether oxygens (including phenoxy) is 2. The summed E-state index contributed by atoms with van der Waals surface area (Å²) in [4.78, 5) is 35.9. The monoisotopic (exact) mass is 284 g/mol. The van der Waals surface area contributed by atoms with Gasteiger partial charge in [-0.1, -0.05) is 0 Å². The molecule has 0 aromatic carbocycles. The van der Waals surface area contributed by atoms with Gasteiger partial charge in [0.25, 0.3) is 0 Å². The van der Waals surface area contributed by atoms with Gasteiger partial charge < -0.3 is 9.47 Å². The molecule has 0 heterocycles. The van der Waals surface area contributed by atoms with Gasteiger partial charge >= 0.3 is 11.9 Å². The highest BCUT2D eigenvalue weighted by molar-refractivity contribution is 5.96. The zero-order chi connectivity index (χ0) is 15.3. The maximum Gasteiger partial charge on any atom is 0.320 e. The van der Waals surface area contributed by atoms with Crippen molar-refractivity contribution in [1.29, 1.82) is 0 Å². The van der Waals surface area contributed by atoms with Gasteiger partial charge in [0.05, 0.1) is 12.2 Å². The lowest BCUT2D eigenvalue weighted by Gasteiger charge is -2.27. The van der Waals surface area contributed by atoms with Crippen LogP contribution in [0.25, 0.3) is 0 Å². The minimum atomic E-state index is -0.982. The van der Waals surface area contributed by atoms with Gasteiger partial charge in [-0.3, -0.25) is 14.4 Å². The van der Waals surface area contributed by atoms with Gasteiger partial charge in [0.1, 0.15) is 5.78 Å². The predicted octanol–water partition coefficient (Wildman–Crippen LogP) is 2.27. The first-order valence-electron chi connectivity index (χ1n) is 7.24. The van der Waals surface area contributed by atoms with E-state index in [1.807, 2.05) is 0 Å². The van der Waals surface area contributed by atoms with Gasteiger partial charge in [0, 0.05) is 12.8 Å². The summed E-state index contributed by atoms with van der Waals surface area (Å²) in [6.07, 6.45) is 1.58. The summed E-state index contributed by atoms with van der Waals surface area (Å²) in [7, 11) is 0. The van der Waals surface area contributed by atoms with E-state index in [0.29, 0.717) is 19.3 Å². The third-order valence-corrected chi connectivity index (χ3v) is 3.20. The Bertz CT molecular complexity index is 350. The second-order valence-electron chi connectivity index (χ2n) is 5.84. The summed E-state index contributed by atoms with van der Waals surface area (Å²) < 4.78 is 10.3. The molecule has 1 rings (SSSR count). The van der Waals surface area contributed by atoms with Gasteiger partial charge in [-0.05, 0) is 46.5 Å². The zero-order valence-corrected chi connectivity index (χ0v) is 12.7. The van der Waals surface area contributed by atoms with E-state index in [0.717, 1.165) is 0 Å². The molecule has 1 atom stereocenters. The summed E-state index contributed by atoms with van der Waals surface area (Å²) >= 11 is 0. The lowest BCUT2D eigenvalue weighted by molar-refractivity contribution is -0.169. The zero-order valence-electron chi connectivity index (χ0n) is 12.7. The molecule has 5 nitrogen and oxygen atoms in total. The van der Waals surface area contributed by atoms with Gasteiger partial charge in [-0.25, -0.2) is 0 Å². The van der Waals surface area contributed by atoms with Crippen molar-refractivity contribution in [1.82, 2.24) is 0 Å². The number of hydrogen-bond donors (Lipinski definition) is 0. The van der Waals surface area contributed by atoms with Crippen molar-refractivity contribution in [3.8, 4) is 0 Å². The fourth-order valence-electron chi connectivity index (χ4n) is 2.43. The molecule has 114 valence electrons. The number of carbonyl (C=O) groups excluding carboxylic acids is 3. The Labute approximate surface area is 120 Å². The molecule has 5 heteroatoms. The summed E-state index contributed by atoms with van der Waals surface area (Å²) in [6, 6.07) is 0. The Morgan fingerprint density at radius 2 is 1.55 bits per heavy atom. The van der Waals surface area contributed by atoms with Crippen molar-refractivity contribution in [2.75, 3.05) is 0 Å². The van der Waals surface area contributed by atoms with Gasteiger partial charge in [-0.15, -0.1) is 0 Å². The number of esters is 2. The SMILES string of the molecule is CC(C)OC(=O)C(C(=O)OC(C)C)C1CCCC(=O)C1. The highest BCUT2D eigenvalue weighted by atomic mass is 16.6. The Kier molecular flexibility index (Phi) is 6.17. The normalized spacial score (nSPS) is 19.6. The molecule has 1 fully saturated rings.